The van der Waals surface area contributed by atoms with Crippen molar-refractivity contribution in [3.05, 3.63) is 71.6 Å². The van der Waals surface area contributed by atoms with E-state index >= 15 is 0 Å². The van der Waals surface area contributed by atoms with Crippen LogP contribution < -0.4 is 20.1 Å². The minimum absolute atomic E-state index is 0.308. The number of hydrogen-bond donors (Lipinski definition) is 2. The van der Waals surface area contributed by atoms with Crippen molar-refractivity contribution in [1.82, 2.24) is 20.2 Å². The Kier molecular flexibility index (Phi) is 7.48. The number of benzene rings is 2. The first-order chi connectivity index (χ1) is 15.0. The minimum Gasteiger partial charge on any atom is -0.493 e. The van der Waals surface area contributed by atoms with Gasteiger partial charge in [-0.15, -0.1) is 0 Å². The predicted octanol–water partition coefficient (Wildman–Crippen LogP) is 3.59. The zero-order valence-corrected chi connectivity index (χ0v) is 18.3. The molecule has 0 atom stereocenters. The summed E-state index contributed by atoms with van der Waals surface area (Å²) >= 11 is 0. The molecule has 0 saturated carbocycles. The topological polar surface area (TPSA) is 72.7 Å². The lowest BCUT2D eigenvalue weighted by atomic mass is 10.2. The van der Waals surface area contributed by atoms with Crippen LogP contribution in [-0.4, -0.2) is 36.3 Å². The summed E-state index contributed by atoms with van der Waals surface area (Å²) in [6.07, 6.45) is 3.40. The molecule has 0 amide bonds. The summed E-state index contributed by atoms with van der Waals surface area (Å²) in [5.74, 6) is 2.43. The van der Waals surface area contributed by atoms with Crippen molar-refractivity contribution in [3.63, 3.8) is 0 Å². The number of aromatic nitrogens is 2. The van der Waals surface area contributed by atoms with Gasteiger partial charge in [0.1, 0.15) is 11.6 Å². The third-order valence-corrected chi connectivity index (χ3v) is 4.77. The number of hydrogen-bond acceptors (Lipinski definition) is 4. The highest BCUT2D eigenvalue weighted by Gasteiger charge is 2.09. The van der Waals surface area contributed by atoms with Gasteiger partial charge in [-0.05, 0) is 49.2 Å². The Labute approximate surface area is 181 Å². The normalized spacial score (nSPS) is 11.3. The molecule has 0 unspecified atom stereocenters. The van der Waals surface area contributed by atoms with Gasteiger partial charge >= 0.3 is 0 Å². The van der Waals surface area contributed by atoms with E-state index in [0.29, 0.717) is 42.8 Å². The Morgan fingerprint density at radius 2 is 1.84 bits per heavy atom. The molecule has 164 valence electrons. The lowest BCUT2D eigenvalue weighted by molar-refractivity contribution is 0.354. The van der Waals surface area contributed by atoms with Crippen LogP contribution in [0.4, 0.5) is 4.39 Å². The Morgan fingerprint density at radius 3 is 2.48 bits per heavy atom. The lowest BCUT2D eigenvalue weighted by Gasteiger charge is -2.13. The van der Waals surface area contributed by atoms with Gasteiger partial charge in [-0.3, -0.25) is 0 Å². The summed E-state index contributed by atoms with van der Waals surface area (Å²) in [5, 5.41) is 6.50. The average Bonchev–Trinajstić information content (AvgIpc) is 3.21. The quantitative estimate of drug-likeness (QED) is 0.426. The highest BCUT2D eigenvalue weighted by molar-refractivity contribution is 5.79. The Bertz CT molecular complexity index is 1050. The van der Waals surface area contributed by atoms with Crippen LogP contribution in [0.15, 0.2) is 53.8 Å². The van der Waals surface area contributed by atoms with Gasteiger partial charge in [0, 0.05) is 25.5 Å². The van der Waals surface area contributed by atoms with Gasteiger partial charge < -0.3 is 24.7 Å². The maximum Gasteiger partial charge on any atom is 0.191 e. The molecule has 3 rings (SSSR count). The number of aliphatic imine (C=N–C) groups is 1. The van der Waals surface area contributed by atoms with E-state index in [9.17, 15) is 4.39 Å². The van der Waals surface area contributed by atoms with Crippen LogP contribution in [-0.2, 0) is 13.1 Å². The second-order valence-corrected chi connectivity index (χ2v) is 6.87. The first-order valence-electron chi connectivity index (χ1n) is 10.1. The number of rotatable bonds is 8. The molecule has 0 aliphatic rings. The van der Waals surface area contributed by atoms with Gasteiger partial charge in [-0.1, -0.05) is 12.1 Å². The number of ether oxygens (including phenoxy) is 2. The summed E-state index contributed by atoms with van der Waals surface area (Å²) in [6, 6.07) is 10.9. The molecule has 0 spiro atoms. The minimum atomic E-state index is -0.308. The van der Waals surface area contributed by atoms with Crippen LogP contribution in [0, 0.1) is 12.7 Å². The van der Waals surface area contributed by atoms with Gasteiger partial charge in [-0.25, -0.2) is 14.4 Å². The van der Waals surface area contributed by atoms with E-state index < -0.39 is 0 Å². The molecule has 0 aliphatic carbocycles. The van der Waals surface area contributed by atoms with Crippen molar-refractivity contribution in [2.75, 3.05) is 20.8 Å². The van der Waals surface area contributed by atoms with Crippen LogP contribution in [0.1, 0.15) is 23.9 Å². The van der Waals surface area contributed by atoms with E-state index in [-0.39, 0.29) is 5.82 Å². The van der Waals surface area contributed by atoms with E-state index in [1.54, 1.807) is 37.2 Å². The molecule has 0 saturated heterocycles. The third kappa shape index (κ3) is 5.53. The van der Waals surface area contributed by atoms with Crippen LogP contribution in [0.2, 0.25) is 0 Å². The van der Waals surface area contributed by atoms with Crippen molar-refractivity contribution in [1.29, 1.82) is 0 Å². The number of nitrogens with zero attached hydrogens (tertiary/aromatic N) is 3. The van der Waals surface area contributed by atoms with Gasteiger partial charge in [0.2, 0.25) is 0 Å². The molecule has 0 fully saturated rings. The molecule has 2 aromatic carbocycles. The van der Waals surface area contributed by atoms with Crippen molar-refractivity contribution < 1.29 is 13.9 Å². The lowest BCUT2D eigenvalue weighted by Crippen LogP contribution is -2.36. The fraction of sp³-hybridized carbons (Fsp3) is 0.304. The maximum absolute atomic E-state index is 14.6. The van der Waals surface area contributed by atoms with Gasteiger partial charge in [0.25, 0.3) is 0 Å². The fourth-order valence-corrected chi connectivity index (χ4v) is 3.17. The molecule has 1 aromatic heterocycles. The average molecular weight is 426 g/mol. The summed E-state index contributed by atoms with van der Waals surface area (Å²) < 4.78 is 27.0. The highest BCUT2D eigenvalue weighted by Crippen LogP contribution is 2.27. The molecule has 8 heteroatoms. The van der Waals surface area contributed by atoms with Crippen LogP contribution in [0.25, 0.3) is 5.69 Å². The molecule has 31 heavy (non-hydrogen) atoms. The summed E-state index contributed by atoms with van der Waals surface area (Å²) in [6.45, 7) is 5.45. The van der Waals surface area contributed by atoms with Gasteiger partial charge in [0.05, 0.1) is 26.5 Å². The number of halogens is 1. The molecule has 1 heterocycles. The monoisotopic (exact) mass is 425 g/mol. The second-order valence-electron chi connectivity index (χ2n) is 6.87. The molecule has 7 nitrogen and oxygen atoms in total. The predicted molar refractivity (Wildman–Crippen MR) is 119 cm³/mol. The molecule has 0 aliphatic heterocycles. The smallest absolute Gasteiger partial charge is 0.191 e. The second kappa shape index (κ2) is 10.5. The number of methoxy groups -OCH3 is 2. The van der Waals surface area contributed by atoms with E-state index in [2.05, 4.69) is 20.6 Å². The van der Waals surface area contributed by atoms with Crippen molar-refractivity contribution in [3.8, 4) is 17.2 Å². The standard InChI is InChI=1S/C23H28FN5O2/c1-5-25-23(28-15-18-7-9-21(30-3)22(13-18)31-4)27-14-17-6-8-20(19(24)12-17)29-11-10-26-16(29)2/h6-13H,5,14-15H2,1-4H3,(H2,25,27,28). The van der Waals surface area contributed by atoms with Crippen molar-refractivity contribution in [2.24, 2.45) is 4.99 Å². The number of guanidine groups is 1. The summed E-state index contributed by atoms with van der Waals surface area (Å²) in [7, 11) is 3.22. The van der Waals surface area contributed by atoms with E-state index in [4.69, 9.17) is 9.47 Å². The Balaban J connectivity index is 1.68. The largest absolute Gasteiger partial charge is 0.493 e. The Hall–Kier alpha value is -3.55. The Morgan fingerprint density at radius 1 is 1.06 bits per heavy atom. The third-order valence-electron chi connectivity index (χ3n) is 4.77. The van der Waals surface area contributed by atoms with E-state index in [1.807, 2.05) is 38.1 Å². The zero-order chi connectivity index (χ0) is 22.2. The van der Waals surface area contributed by atoms with Gasteiger partial charge in [-0.2, -0.15) is 0 Å². The molecular formula is C23H28FN5O2. The van der Waals surface area contributed by atoms with Crippen LogP contribution >= 0.6 is 0 Å². The first kappa shape index (κ1) is 22.1. The van der Waals surface area contributed by atoms with Crippen molar-refractivity contribution in [2.45, 2.75) is 26.9 Å². The maximum atomic E-state index is 14.6. The summed E-state index contributed by atoms with van der Waals surface area (Å²) in [4.78, 5) is 8.72. The first-order valence-corrected chi connectivity index (χ1v) is 10.1. The molecular weight excluding hydrogens is 397 g/mol. The van der Waals surface area contributed by atoms with Crippen LogP contribution in [0.3, 0.4) is 0 Å². The van der Waals surface area contributed by atoms with Gasteiger partial charge in [0.15, 0.2) is 17.5 Å². The SMILES string of the molecule is CCNC(=NCc1ccc(-n2ccnc2C)c(F)c1)NCc1ccc(OC)c(OC)c1. The van der Waals surface area contributed by atoms with Crippen molar-refractivity contribution >= 4 is 5.96 Å². The highest BCUT2D eigenvalue weighted by atomic mass is 19.1. The fourth-order valence-electron chi connectivity index (χ4n) is 3.17. The summed E-state index contributed by atoms with van der Waals surface area (Å²) in [5.41, 5.74) is 2.28. The van der Waals surface area contributed by atoms with Crippen LogP contribution in [0.5, 0.6) is 11.5 Å². The molecule has 2 N–H and O–H groups in total. The number of aryl methyl sites for hydroxylation is 1. The number of imidazole rings is 1. The zero-order valence-electron chi connectivity index (χ0n) is 18.3. The number of nitrogens with one attached hydrogen (secondary N) is 2. The molecule has 0 radical (unpaired) electrons. The molecule has 0 bridgehead atoms. The van der Waals surface area contributed by atoms with E-state index in [0.717, 1.165) is 17.0 Å². The molecule has 3 aromatic rings. The van der Waals surface area contributed by atoms with E-state index in [1.165, 1.54) is 6.07 Å².